The number of carbonyl (C=O) groups is 1. The van der Waals surface area contributed by atoms with Crippen molar-refractivity contribution in [3.05, 3.63) is 29.6 Å². The highest BCUT2D eigenvalue weighted by atomic mass is 16.1. The molecule has 0 spiro atoms. The van der Waals surface area contributed by atoms with Crippen LogP contribution < -0.4 is 10.6 Å². The van der Waals surface area contributed by atoms with Gasteiger partial charge in [-0.15, -0.1) is 0 Å². The van der Waals surface area contributed by atoms with Crippen molar-refractivity contribution >= 4 is 5.91 Å². The molecule has 1 fully saturated rings. The fourth-order valence-corrected chi connectivity index (χ4v) is 2.12. The quantitative estimate of drug-likeness (QED) is 0.737. The van der Waals surface area contributed by atoms with Crippen molar-refractivity contribution in [1.29, 1.82) is 5.26 Å². The highest BCUT2D eigenvalue weighted by molar-refractivity contribution is 5.92. The number of nitrogens with one attached hydrogen (secondary N) is 2. The Morgan fingerprint density at radius 1 is 1.45 bits per heavy atom. The fourth-order valence-electron chi connectivity index (χ4n) is 2.12. The van der Waals surface area contributed by atoms with Crippen LogP contribution in [0.1, 0.15) is 22.5 Å². The summed E-state index contributed by atoms with van der Waals surface area (Å²) in [6, 6.07) is 5.15. The van der Waals surface area contributed by atoms with E-state index in [0.29, 0.717) is 17.8 Å². The van der Waals surface area contributed by atoms with E-state index >= 15 is 0 Å². The largest absolute Gasteiger partial charge is 0.351 e. The monoisotopic (exact) mass is 273 g/mol. The first kappa shape index (κ1) is 14.4. The number of amides is 1. The Labute approximate surface area is 118 Å². The predicted octanol–water partition coefficient (Wildman–Crippen LogP) is -0.0216. The molecule has 1 aromatic rings. The number of nitriles is 1. The summed E-state index contributed by atoms with van der Waals surface area (Å²) in [4.78, 5) is 18.2. The molecule has 20 heavy (non-hydrogen) atoms. The number of nitrogens with zero attached hydrogens (tertiary/aromatic N) is 3. The van der Waals surface area contributed by atoms with Crippen LogP contribution in [0.25, 0.3) is 0 Å². The van der Waals surface area contributed by atoms with Gasteiger partial charge < -0.3 is 15.5 Å². The van der Waals surface area contributed by atoms with Crippen LogP contribution in [0.5, 0.6) is 0 Å². The maximum absolute atomic E-state index is 11.8. The molecule has 2 heterocycles. The molecule has 0 radical (unpaired) electrons. The first-order valence-electron chi connectivity index (χ1n) is 6.87. The first-order valence-corrected chi connectivity index (χ1v) is 6.87. The summed E-state index contributed by atoms with van der Waals surface area (Å²) in [5, 5.41) is 14.8. The second-order valence-corrected chi connectivity index (χ2v) is 4.75. The Morgan fingerprint density at radius 2 is 2.25 bits per heavy atom. The Morgan fingerprint density at radius 3 is 2.90 bits per heavy atom. The van der Waals surface area contributed by atoms with Crippen LogP contribution in [0.4, 0.5) is 0 Å². The highest BCUT2D eigenvalue weighted by Gasteiger charge is 2.09. The van der Waals surface area contributed by atoms with E-state index in [9.17, 15) is 4.79 Å². The lowest BCUT2D eigenvalue weighted by Gasteiger charge is -2.27. The highest BCUT2D eigenvalue weighted by Crippen LogP contribution is 1.99. The van der Waals surface area contributed by atoms with Gasteiger partial charge in [-0.1, -0.05) is 0 Å². The molecule has 1 aromatic heterocycles. The molecular weight excluding hydrogens is 254 g/mol. The molecule has 1 aliphatic heterocycles. The molecule has 106 valence electrons. The molecule has 0 unspecified atom stereocenters. The van der Waals surface area contributed by atoms with Crippen LogP contribution in [0, 0.1) is 11.3 Å². The molecule has 0 aromatic carbocycles. The van der Waals surface area contributed by atoms with Crippen molar-refractivity contribution in [3.63, 3.8) is 0 Å². The molecule has 0 bridgehead atoms. The number of piperazine rings is 1. The third-order valence-electron chi connectivity index (χ3n) is 3.27. The molecule has 2 rings (SSSR count). The van der Waals surface area contributed by atoms with E-state index in [4.69, 9.17) is 5.26 Å². The van der Waals surface area contributed by atoms with Crippen LogP contribution in [0.3, 0.4) is 0 Å². The van der Waals surface area contributed by atoms with E-state index < -0.39 is 0 Å². The van der Waals surface area contributed by atoms with Gasteiger partial charge in [-0.3, -0.25) is 4.79 Å². The fraction of sp³-hybridized carbons (Fsp3) is 0.500. The van der Waals surface area contributed by atoms with E-state index in [1.807, 2.05) is 6.07 Å². The summed E-state index contributed by atoms with van der Waals surface area (Å²) in [7, 11) is 0. The number of aromatic nitrogens is 1. The number of hydrogen-bond donors (Lipinski definition) is 2. The average Bonchev–Trinajstić information content (AvgIpc) is 2.52. The first-order chi connectivity index (χ1) is 9.79. The topological polar surface area (TPSA) is 81.0 Å². The van der Waals surface area contributed by atoms with Gasteiger partial charge in [-0.2, -0.15) is 5.26 Å². The van der Waals surface area contributed by atoms with Gasteiger partial charge in [0.15, 0.2) is 0 Å². The van der Waals surface area contributed by atoms with E-state index in [1.165, 1.54) is 6.20 Å². The van der Waals surface area contributed by atoms with Gasteiger partial charge in [0, 0.05) is 38.9 Å². The minimum absolute atomic E-state index is 0.185. The molecule has 0 aliphatic carbocycles. The van der Waals surface area contributed by atoms with Crippen LogP contribution in [-0.2, 0) is 0 Å². The maximum atomic E-state index is 11.8. The summed E-state index contributed by atoms with van der Waals surface area (Å²) in [5.74, 6) is -0.185. The van der Waals surface area contributed by atoms with Crippen LogP contribution in [0.15, 0.2) is 18.3 Å². The number of pyridine rings is 1. The lowest BCUT2D eigenvalue weighted by atomic mass is 10.2. The normalized spacial score (nSPS) is 15.6. The standard InChI is InChI=1S/C14H19N5O/c15-10-12-2-3-13(18-11-12)14(20)17-4-1-7-19-8-5-16-6-9-19/h2-3,11,16H,1,4-9H2,(H,17,20). The van der Waals surface area contributed by atoms with Crippen LogP contribution >= 0.6 is 0 Å². The molecule has 6 heteroatoms. The Hall–Kier alpha value is -1.97. The Bertz CT molecular complexity index is 473. The summed E-state index contributed by atoms with van der Waals surface area (Å²) >= 11 is 0. The van der Waals surface area contributed by atoms with E-state index in [-0.39, 0.29) is 5.91 Å². The Kier molecular flexibility index (Phi) is 5.47. The van der Waals surface area contributed by atoms with Crippen LogP contribution in [-0.4, -0.2) is 55.1 Å². The summed E-state index contributed by atoms with van der Waals surface area (Å²) in [6.45, 7) is 5.88. The third-order valence-corrected chi connectivity index (χ3v) is 3.27. The molecule has 1 saturated heterocycles. The van der Waals surface area contributed by atoms with Gasteiger partial charge in [0.25, 0.3) is 5.91 Å². The zero-order chi connectivity index (χ0) is 14.2. The van der Waals surface area contributed by atoms with Crippen molar-refractivity contribution in [2.24, 2.45) is 0 Å². The van der Waals surface area contributed by atoms with Gasteiger partial charge in [-0.25, -0.2) is 4.98 Å². The second-order valence-electron chi connectivity index (χ2n) is 4.75. The molecule has 0 saturated carbocycles. The molecule has 1 aliphatic rings. The Balaban J connectivity index is 1.67. The second kappa shape index (κ2) is 7.58. The van der Waals surface area contributed by atoms with Crippen molar-refractivity contribution in [1.82, 2.24) is 20.5 Å². The number of carbonyl (C=O) groups excluding carboxylic acids is 1. The molecule has 2 N–H and O–H groups in total. The minimum Gasteiger partial charge on any atom is -0.351 e. The summed E-state index contributed by atoms with van der Waals surface area (Å²) in [6.07, 6.45) is 2.34. The smallest absolute Gasteiger partial charge is 0.269 e. The molecule has 0 atom stereocenters. The molecule has 6 nitrogen and oxygen atoms in total. The van der Waals surface area contributed by atoms with Gasteiger partial charge in [0.05, 0.1) is 5.56 Å². The van der Waals surface area contributed by atoms with Crippen molar-refractivity contribution < 1.29 is 4.79 Å². The van der Waals surface area contributed by atoms with Crippen molar-refractivity contribution in [3.8, 4) is 6.07 Å². The zero-order valence-corrected chi connectivity index (χ0v) is 11.4. The minimum atomic E-state index is -0.185. The third kappa shape index (κ3) is 4.30. The lowest BCUT2D eigenvalue weighted by molar-refractivity contribution is 0.0946. The summed E-state index contributed by atoms with van der Waals surface area (Å²) in [5.41, 5.74) is 0.812. The maximum Gasteiger partial charge on any atom is 0.269 e. The molecule has 1 amide bonds. The van der Waals surface area contributed by atoms with E-state index in [0.717, 1.165) is 39.1 Å². The van der Waals surface area contributed by atoms with Crippen LogP contribution in [0.2, 0.25) is 0 Å². The van der Waals surface area contributed by atoms with E-state index in [1.54, 1.807) is 12.1 Å². The van der Waals surface area contributed by atoms with Gasteiger partial charge in [0.1, 0.15) is 11.8 Å². The van der Waals surface area contributed by atoms with Gasteiger partial charge >= 0.3 is 0 Å². The lowest BCUT2D eigenvalue weighted by Crippen LogP contribution is -2.44. The molecular formula is C14H19N5O. The number of rotatable bonds is 5. The van der Waals surface area contributed by atoms with Crippen molar-refractivity contribution in [2.75, 3.05) is 39.3 Å². The zero-order valence-electron chi connectivity index (χ0n) is 11.4. The van der Waals surface area contributed by atoms with Crippen molar-refractivity contribution in [2.45, 2.75) is 6.42 Å². The van der Waals surface area contributed by atoms with E-state index in [2.05, 4.69) is 20.5 Å². The predicted molar refractivity (Wildman–Crippen MR) is 75.2 cm³/mol. The van der Waals surface area contributed by atoms with Gasteiger partial charge in [0.2, 0.25) is 0 Å². The average molecular weight is 273 g/mol. The number of hydrogen-bond acceptors (Lipinski definition) is 5. The van der Waals surface area contributed by atoms with Gasteiger partial charge in [-0.05, 0) is 25.1 Å². The SMILES string of the molecule is N#Cc1ccc(C(=O)NCCCN2CCNCC2)nc1. The summed E-state index contributed by atoms with van der Waals surface area (Å²) < 4.78 is 0.